The lowest BCUT2D eigenvalue weighted by atomic mass is 10.2. The lowest BCUT2D eigenvalue weighted by molar-refractivity contribution is -0.120. The number of para-hydroxylation sites is 2. The molecule has 3 N–H and O–H groups in total. The van der Waals surface area contributed by atoms with Crippen molar-refractivity contribution in [2.75, 3.05) is 26.1 Å². The zero-order valence-corrected chi connectivity index (χ0v) is 16.8. The minimum Gasteiger partial charge on any atom is -0.495 e. The molecule has 150 valence electrons. The van der Waals surface area contributed by atoms with E-state index < -0.39 is 11.8 Å². The Morgan fingerprint density at radius 3 is 2.31 bits per heavy atom. The molecule has 0 bridgehead atoms. The number of carbonyl (C=O) groups is 2. The van der Waals surface area contributed by atoms with Crippen LogP contribution >= 0.6 is 11.3 Å². The third kappa shape index (κ3) is 5.05. The molecule has 29 heavy (non-hydrogen) atoms. The van der Waals surface area contributed by atoms with Crippen molar-refractivity contribution in [3.63, 3.8) is 0 Å². The number of hydrogen-bond acceptors (Lipinski definition) is 6. The summed E-state index contributed by atoms with van der Waals surface area (Å²) in [6, 6.07) is 18.8. The van der Waals surface area contributed by atoms with Gasteiger partial charge in [-0.05, 0) is 23.8 Å². The van der Waals surface area contributed by atoms with Gasteiger partial charge in [0.05, 0.1) is 26.5 Å². The predicted octanol–water partition coefficient (Wildman–Crippen LogP) is 3.31. The van der Waals surface area contributed by atoms with Gasteiger partial charge in [0.1, 0.15) is 16.4 Å². The maximum atomic E-state index is 12.5. The number of carbonyl (C=O) groups excluding carboxylic acids is 2. The predicted molar refractivity (Wildman–Crippen MR) is 113 cm³/mol. The van der Waals surface area contributed by atoms with Crippen molar-refractivity contribution >= 4 is 28.8 Å². The molecular weight excluding hydrogens is 390 g/mol. The zero-order valence-electron chi connectivity index (χ0n) is 16.0. The topological polar surface area (TPSA) is 88.7 Å². The van der Waals surface area contributed by atoms with Gasteiger partial charge in [0.2, 0.25) is 0 Å². The molecule has 2 aromatic carbocycles. The van der Waals surface area contributed by atoms with Crippen molar-refractivity contribution in [2.45, 2.75) is 0 Å². The van der Waals surface area contributed by atoms with Crippen LogP contribution in [0.5, 0.6) is 11.5 Å². The molecule has 0 saturated heterocycles. The molecule has 0 aliphatic heterocycles. The molecule has 7 nitrogen and oxygen atoms in total. The standard InChI is InChI=1S/C21H21N3O4S/c1-27-16-11-7-6-10-15(16)22-13-19(25)23-24-21(26)20-17(28-2)12-18(29-20)14-8-4-3-5-9-14/h3-12,22H,13H2,1-2H3,(H,23,25)(H,24,26). The summed E-state index contributed by atoms with van der Waals surface area (Å²) in [5.74, 6) is 0.233. The van der Waals surface area contributed by atoms with Crippen LogP contribution in [-0.2, 0) is 4.79 Å². The average Bonchev–Trinajstić information content (AvgIpc) is 3.21. The molecule has 8 heteroatoms. The highest BCUT2D eigenvalue weighted by Crippen LogP contribution is 2.36. The fraction of sp³-hybridized carbons (Fsp3) is 0.143. The van der Waals surface area contributed by atoms with Gasteiger partial charge < -0.3 is 14.8 Å². The Hall–Kier alpha value is -3.52. The number of hydrogen-bond donors (Lipinski definition) is 3. The molecule has 3 aromatic rings. The zero-order chi connectivity index (χ0) is 20.6. The van der Waals surface area contributed by atoms with Gasteiger partial charge >= 0.3 is 0 Å². The van der Waals surface area contributed by atoms with Crippen LogP contribution in [-0.4, -0.2) is 32.6 Å². The third-order valence-electron chi connectivity index (χ3n) is 4.04. The average molecular weight is 411 g/mol. The number of hydrazine groups is 1. The van der Waals surface area contributed by atoms with Crippen molar-refractivity contribution in [1.29, 1.82) is 0 Å². The summed E-state index contributed by atoms with van der Waals surface area (Å²) in [7, 11) is 3.06. The van der Waals surface area contributed by atoms with Gasteiger partial charge in [0.25, 0.3) is 11.8 Å². The summed E-state index contributed by atoms with van der Waals surface area (Å²) < 4.78 is 10.5. The summed E-state index contributed by atoms with van der Waals surface area (Å²) in [6.07, 6.45) is 0. The van der Waals surface area contributed by atoms with Crippen LogP contribution in [0.1, 0.15) is 9.67 Å². The minimum absolute atomic E-state index is 0.0303. The van der Waals surface area contributed by atoms with E-state index in [0.717, 1.165) is 10.4 Å². The Morgan fingerprint density at radius 2 is 1.59 bits per heavy atom. The van der Waals surface area contributed by atoms with Crippen molar-refractivity contribution in [2.24, 2.45) is 0 Å². The molecule has 0 atom stereocenters. The lowest BCUT2D eigenvalue weighted by Gasteiger charge is -2.11. The van der Waals surface area contributed by atoms with Crippen molar-refractivity contribution in [1.82, 2.24) is 10.9 Å². The van der Waals surface area contributed by atoms with Crippen LogP contribution < -0.4 is 25.6 Å². The summed E-state index contributed by atoms with van der Waals surface area (Å²) in [4.78, 5) is 25.9. The van der Waals surface area contributed by atoms with Crippen molar-refractivity contribution < 1.29 is 19.1 Å². The van der Waals surface area contributed by atoms with E-state index in [0.29, 0.717) is 22.1 Å². The van der Waals surface area contributed by atoms with E-state index in [4.69, 9.17) is 9.47 Å². The van der Waals surface area contributed by atoms with E-state index >= 15 is 0 Å². The van der Waals surface area contributed by atoms with E-state index in [1.807, 2.05) is 42.5 Å². The van der Waals surface area contributed by atoms with Gasteiger partial charge in [0, 0.05) is 4.88 Å². The van der Waals surface area contributed by atoms with Crippen LogP contribution in [0.3, 0.4) is 0 Å². The van der Waals surface area contributed by atoms with E-state index in [-0.39, 0.29) is 6.54 Å². The molecular formula is C21H21N3O4S. The second-order valence-electron chi connectivity index (χ2n) is 5.93. The monoisotopic (exact) mass is 411 g/mol. The summed E-state index contributed by atoms with van der Waals surface area (Å²) in [5.41, 5.74) is 6.49. The Labute approximate surface area is 172 Å². The largest absolute Gasteiger partial charge is 0.495 e. The smallest absolute Gasteiger partial charge is 0.283 e. The molecule has 0 aliphatic carbocycles. The van der Waals surface area contributed by atoms with Crippen molar-refractivity contribution in [3.8, 4) is 21.9 Å². The number of nitrogens with one attached hydrogen (secondary N) is 3. The molecule has 0 spiro atoms. The Balaban J connectivity index is 1.59. The number of ether oxygens (including phenoxy) is 2. The number of rotatable bonds is 7. The molecule has 0 aliphatic rings. The minimum atomic E-state index is -0.445. The Kier molecular flexibility index (Phi) is 6.70. The van der Waals surface area contributed by atoms with Crippen LogP contribution in [0, 0.1) is 0 Å². The first kappa shape index (κ1) is 20.2. The number of thiophene rings is 1. The molecule has 0 saturated carbocycles. The van der Waals surface area contributed by atoms with Gasteiger partial charge in [-0.3, -0.25) is 20.4 Å². The van der Waals surface area contributed by atoms with Crippen LogP contribution in [0.15, 0.2) is 60.7 Å². The molecule has 3 rings (SSSR count). The van der Waals surface area contributed by atoms with Gasteiger partial charge in [-0.1, -0.05) is 42.5 Å². The molecule has 1 aromatic heterocycles. The molecule has 1 heterocycles. The summed E-state index contributed by atoms with van der Waals surface area (Å²) >= 11 is 1.29. The SMILES string of the molecule is COc1ccccc1NCC(=O)NNC(=O)c1sc(-c2ccccc2)cc1OC. The fourth-order valence-electron chi connectivity index (χ4n) is 2.62. The van der Waals surface area contributed by atoms with Crippen LogP contribution in [0.25, 0.3) is 10.4 Å². The highest BCUT2D eigenvalue weighted by atomic mass is 32.1. The van der Waals surface area contributed by atoms with Gasteiger partial charge in [0.15, 0.2) is 0 Å². The fourth-order valence-corrected chi connectivity index (χ4v) is 3.65. The first-order valence-electron chi connectivity index (χ1n) is 8.81. The third-order valence-corrected chi connectivity index (χ3v) is 5.21. The van der Waals surface area contributed by atoms with E-state index in [1.165, 1.54) is 18.4 Å². The quantitative estimate of drug-likeness (QED) is 0.519. The van der Waals surface area contributed by atoms with Gasteiger partial charge in [-0.25, -0.2) is 0 Å². The molecule has 0 radical (unpaired) electrons. The lowest BCUT2D eigenvalue weighted by Crippen LogP contribution is -2.44. The Bertz CT molecular complexity index is 989. The van der Waals surface area contributed by atoms with E-state index in [2.05, 4.69) is 16.2 Å². The second-order valence-corrected chi connectivity index (χ2v) is 6.98. The summed E-state index contributed by atoms with van der Waals surface area (Å²) in [6.45, 7) is -0.0303. The second kappa shape index (κ2) is 9.61. The molecule has 0 unspecified atom stereocenters. The highest BCUT2D eigenvalue weighted by Gasteiger charge is 2.18. The first-order valence-corrected chi connectivity index (χ1v) is 9.63. The maximum absolute atomic E-state index is 12.5. The highest BCUT2D eigenvalue weighted by molar-refractivity contribution is 7.17. The molecule has 0 fully saturated rings. The summed E-state index contributed by atoms with van der Waals surface area (Å²) in [5, 5.41) is 2.97. The normalized spacial score (nSPS) is 10.1. The van der Waals surface area contributed by atoms with Crippen molar-refractivity contribution in [3.05, 3.63) is 65.5 Å². The first-order chi connectivity index (χ1) is 14.1. The number of benzene rings is 2. The maximum Gasteiger partial charge on any atom is 0.283 e. The van der Waals surface area contributed by atoms with Gasteiger partial charge in [-0.15, -0.1) is 11.3 Å². The van der Waals surface area contributed by atoms with E-state index in [9.17, 15) is 9.59 Å². The molecule has 2 amide bonds. The number of amides is 2. The van der Waals surface area contributed by atoms with Crippen LogP contribution in [0.4, 0.5) is 5.69 Å². The number of anilines is 1. The Morgan fingerprint density at radius 1 is 0.897 bits per heavy atom. The van der Waals surface area contributed by atoms with Crippen LogP contribution in [0.2, 0.25) is 0 Å². The van der Waals surface area contributed by atoms with Gasteiger partial charge in [-0.2, -0.15) is 0 Å². The van der Waals surface area contributed by atoms with E-state index in [1.54, 1.807) is 25.3 Å². The number of methoxy groups -OCH3 is 2.